The van der Waals surface area contributed by atoms with Gasteiger partial charge < -0.3 is 20.9 Å². The SMILES string of the molecule is CO[C@H](C)[C@H](NC(=O)[C@@H](N)CC(C)C)C(=O)O. The average molecular weight is 246 g/mol. The van der Waals surface area contributed by atoms with Gasteiger partial charge in [-0.05, 0) is 19.3 Å². The van der Waals surface area contributed by atoms with Crippen LogP contribution in [-0.2, 0) is 14.3 Å². The molecule has 4 N–H and O–H groups in total. The molecule has 0 saturated heterocycles. The second-order valence-electron chi connectivity index (χ2n) is 4.50. The third-order valence-corrected chi connectivity index (χ3v) is 2.47. The molecule has 0 aliphatic heterocycles. The molecule has 3 atom stereocenters. The maximum Gasteiger partial charge on any atom is 0.328 e. The molecule has 0 rings (SSSR count). The van der Waals surface area contributed by atoms with E-state index in [0.29, 0.717) is 6.42 Å². The van der Waals surface area contributed by atoms with E-state index in [4.69, 9.17) is 15.6 Å². The highest BCUT2D eigenvalue weighted by atomic mass is 16.5. The molecule has 1 amide bonds. The number of hydrogen-bond donors (Lipinski definition) is 3. The zero-order valence-corrected chi connectivity index (χ0v) is 10.8. The van der Waals surface area contributed by atoms with E-state index >= 15 is 0 Å². The molecule has 0 aliphatic carbocycles. The highest BCUT2D eigenvalue weighted by molar-refractivity contribution is 5.87. The van der Waals surface area contributed by atoms with E-state index in [2.05, 4.69) is 5.32 Å². The van der Waals surface area contributed by atoms with Crippen LogP contribution in [0.4, 0.5) is 0 Å². The van der Waals surface area contributed by atoms with Crippen molar-refractivity contribution in [2.75, 3.05) is 7.11 Å². The fourth-order valence-corrected chi connectivity index (χ4v) is 1.39. The molecule has 0 heterocycles. The average Bonchev–Trinajstić information content (AvgIpc) is 2.22. The lowest BCUT2D eigenvalue weighted by molar-refractivity contribution is -0.145. The Morgan fingerprint density at radius 3 is 2.24 bits per heavy atom. The van der Waals surface area contributed by atoms with E-state index in [0.717, 1.165) is 0 Å². The second-order valence-corrected chi connectivity index (χ2v) is 4.50. The van der Waals surface area contributed by atoms with Crippen LogP contribution in [0.5, 0.6) is 0 Å². The van der Waals surface area contributed by atoms with Crippen LogP contribution >= 0.6 is 0 Å². The lowest BCUT2D eigenvalue weighted by Crippen LogP contribution is -2.53. The number of carbonyl (C=O) groups is 2. The number of carboxylic acids is 1. The van der Waals surface area contributed by atoms with Crippen molar-refractivity contribution in [2.45, 2.75) is 45.4 Å². The van der Waals surface area contributed by atoms with E-state index in [9.17, 15) is 9.59 Å². The van der Waals surface area contributed by atoms with Crippen molar-refractivity contribution in [3.8, 4) is 0 Å². The predicted molar refractivity (Wildman–Crippen MR) is 63.5 cm³/mol. The van der Waals surface area contributed by atoms with Crippen molar-refractivity contribution in [2.24, 2.45) is 11.7 Å². The van der Waals surface area contributed by atoms with Gasteiger partial charge in [0.25, 0.3) is 0 Å². The molecule has 0 aromatic rings. The van der Waals surface area contributed by atoms with Gasteiger partial charge in [0.05, 0.1) is 12.1 Å². The summed E-state index contributed by atoms with van der Waals surface area (Å²) < 4.78 is 4.90. The molecule has 0 unspecified atom stereocenters. The number of carboxylic acid groups (broad SMARTS) is 1. The molecule has 100 valence electrons. The molecule has 6 heteroatoms. The van der Waals surface area contributed by atoms with Crippen molar-refractivity contribution >= 4 is 11.9 Å². The zero-order chi connectivity index (χ0) is 13.6. The number of carbonyl (C=O) groups excluding carboxylic acids is 1. The Morgan fingerprint density at radius 2 is 1.88 bits per heavy atom. The quantitative estimate of drug-likeness (QED) is 0.585. The first-order valence-electron chi connectivity index (χ1n) is 5.61. The Hall–Kier alpha value is -1.14. The largest absolute Gasteiger partial charge is 0.480 e. The van der Waals surface area contributed by atoms with Crippen LogP contribution in [-0.4, -0.2) is 42.3 Å². The van der Waals surface area contributed by atoms with Gasteiger partial charge in [0.1, 0.15) is 0 Å². The maximum absolute atomic E-state index is 11.7. The van der Waals surface area contributed by atoms with Crippen LogP contribution in [0.25, 0.3) is 0 Å². The minimum atomic E-state index is -1.13. The molecule has 0 saturated carbocycles. The van der Waals surface area contributed by atoms with Crippen LogP contribution < -0.4 is 11.1 Å². The summed E-state index contributed by atoms with van der Waals surface area (Å²) in [4.78, 5) is 22.6. The minimum absolute atomic E-state index is 0.277. The molecule has 0 aromatic carbocycles. The second kappa shape index (κ2) is 7.24. The number of aliphatic carboxylic acids is 1. The number of amides is 1. The fourth-order valence-electron chi connectivity index (χ4n) is 1.39. The lowest BCUT2D eigenvalue weighted by Gasteiger charge is -2.22. The summed E-state index contributed by atoms with van der Waals surface area (Å²) in [5, 5.41) is 11.3. The summed E-state index contributed by atoms with van der Waals surface area (Å²) in [6.07, 6.45) is -0.0952. The monoisotopic (exact) mass is 246 g/mol. The van der Waals surface area contributed by atoms with Crippen molar-refractivity contribution < 1.29 is 19.4 Å². The van der Waals surface area contributed by atoms with Gasteiger partial charge in [0.2, 0.25) is 5.91 Å². The molecule has 0 fully saturated rings. The Kier molecular flexibility index (Phi) is 6.75. The van der Waals surface area contributed by atoms with Gasteiger partial charge in [-0.15, -0.1) is 0 Å². The van der Waals surface area contributed by atoms with E-state index in [1.165, 1.54) is 7.11 Å². The topological polar surface area (TPSA) is 102 Å². The van der Waals surface area contributed by atoms with Crippen molar-refractivity contribution in [3.63, 3.8) is 0 Å². The smallest absolute Gasteiger partial charge is 0.328 e. The van der Waals surface area contributed by atoms with Gasteiger partial charge in [-0.3, -0.25) is 4.79 Å². The standard InChI is InChI=1S/C11H22N2O4/c1-6(2)5-8(12)10(14)13-9(11(15)16)7(3)17-4/h6-9H,5,12H2,1-4H3,(H,13,14)(H,15,16)/t7-,8+,9+/m1/s1. The first-order chi connectivity index (χ1) is 7.79. The molecule has 0 aliphatic rings. The highest BCUT2D eigenvalue weighted by Crippen LogP contribution is 2.04. The lowest BCUT2D eigenvalue weighted by atomic mass is 10.0. The summed E-state index contributed by atoms with van der Waals surface area (Å²) in [7, 11) is 1.39. The first-order valence-corrected chi connectivity index (χ1v) is 5.61. The predicted octanol–water partition coefficient (Wildman–Crippen LogP) is -0.0359. The number of rotatable bonds is 7. The number of nitrogens with two attached hydrogens (primary N) is 1. The summed E-state index contributed by atoms with van der Waals surface area (Å²) in [5.74, 6) is -1.32. The molecular formula is C11H22N2O4. The summed E-state index contributed by atoms with van der Waals surface area (Å²) in [6.45, 7) is 5.46. The third-order valence-electron chi connectivity index (χ3n) is 2.47. The Balaban J connectivity index is 4.45. The first kappa shape index (κ1) is 15.9. The number of methoxy groups -OCH3 is 1. The van der Waals surface area contributed by atoms with Gasteiger partial charge in [-0.1, -0.05) is 13.8 Å². The van der Waals surface area contributed by atoms with Crippen LogP contribution in [0.3, 0.4) is 0 Å². The van der Waals surface area contributed by atoms with Crippen LogP contribution in [0, 0.1) is 5.92 Å². The van der Waals surface area contributed by atoms with Crippen LogP contribution in [0.2, 0.25) is 0 Å². The summed E-state index contributed by atoms with van der Waals surface area (Å²) in [5.41, 5.74) is 5.66. The molecule has 17 heavy (non-hydrogen) atoms. The van der Waals surface area contributed by atoms with Crippen molar-refractivity contribution in [1.29, 1.82) is 0 Å². The fraction of sp³-hybridized carbons (Fsp3) is 0.818. The molecular weight excluding hydrogens is 224 g/mol. The zero-order valence-electron chi connectivity index (χ0n) is 10.8. The van der Waals surface area contributed by atoms with Gasteiger partial charge in [-0.2, -0.15) is 0 Å². The molecule has 0 bridgehead atoms. The highest BCUT2D eigenvalue weighted by Gasteiger charge is 2.28. The Labute approximate surface area is 102 Å². The molecule has 6 nitrogen and oxygen atoms in total. The molecule has 0 spiro atoms. The molecule has 0 radical (unpaired) electrons. The number of nitrogens with one attached hydrogen (secondary N) is 1. The van der Waals surface area contributed by atoms with Gasteiger partial charge in [-0.25, -0.2) is 4.79 Å². The van der Waals surface area contributed by atoms with Crippen LogP contribution in [0.1, 0.15) is 27.2 Å². The van der Waals surface area contributed by atoms with Gasteiger partial charge in [0, 0.05) is 7.11 Å². The van der Waals surface area contributed by atoms with Crippen molar-refractivity contribution in [3.05, 3.63) is 0 Å². The van der Waals surface area contributed by atoms with E-state index < -0.39 is 30.1 Å². The molecule has 0 aromatic heterocycles. The third kappa shape index (κ3) is 5.65. The number of hydrogen-bond acceptors (Lipinski definition) is 4. The van der Waals surface area contributed by atoms with E-state index in [1.54, 1.807) is 6.92 Å². The van der Waals surface area contributed by atoms with Crippen LogP contribution in [0.15, 0.2) is 0 Å². The van der Waals surface area contributed by atoms with Gasteiger partial charge >= 0.3 is 5.97 Å². The summed E-state index contributed by atoms with van der Waals surface area (Å²) >= 11 is 0. The van der Waals surface area contributed by atoms with E-state index in [1.807, 2.05) is 13.8 Å². The maximum atomic E-state index is 11.7. The van der Waals surface area contributed by atoms with Gasteiger partial charge in [0.15, 0.2) is 6.04 Å². The van der Waals surface area contributed by atoms with E-state index in [-0.39, 0.29) is 5.92 Å². The number of ether oxygens (including phenoxy) is 1. The Bertz CT molecular complexity index is 268. The normalized spacial score (nSPS) is 16.4. The van der Waals surface area contributed by atoms with Crippen molar-refractivity contribution in [1.82, 2.24) is 5.32 Å². The minimum Gasteiger partial charge on any atom is -0.480 e. The summed E-state index contributed by atoms with van der Waals surface area (Å²) in [6, 6.07) is -1.77. The Morgan fingerprint density at radius 1 is 1.35 bits per heavy atom.